The summed E-state index contributed by atoms with van der Waals surface area (Å²) in [4.78, 5) is 36.7. The number of guanidine groups is 1. The molecule has 2 aromatic rings. The third-order valence-electron chi connectivity index (χ3n) is 4.28. The van der Waals surface area contributed by atoms with Crippen LogP contribution in [0.15, 0.2) is 17.1 Å². The van der Waals surface area contributed by atoms with Gasteiger partial charge in [0, 0.05) is 5.39 Å². The van der Waals surface area contributed by atoms with E-state index in [1.165, 1.54) is 7.11 Å². The topological polar surface area (TPSA) is 106 Å². The summed E-state index contributed by atoms with van der Waals surface area (Å²) in [5, 5.41) is 6.60. The third kappa shape index (κ3) is 3.63. The second-order valence-corrected chi connectivity index (χ2v) is 6.39. The van der Waals surface area contributed by atoms with Crippen molar-refractivity contribution in [2.75, 3.05) is 19.0 Å². The average Bonchev–Trinajstić information content (AvgIpc) is 2.58. The number of esters is 1. The van der Waals surface area contributed by atoms with Crippen LogP contribution in [0.5, 0.6) is 0 Å². The molecule has 0 spiro atoms. The first-order valence-electron chi connectivity index (χ1n) is 8.32. The minimum absolute atomic E-state index is 0.00322. The zero-order valence-electron chi connectivity index (χ0n) is 15.2. The number of rotatable bonds is 3. The number of nitrogens with one attached hydrogen (secondary N) is 2. The lowest BCUT2D eigenvalue weighted by Crippen LogP contribution is -2.45. The van der Waals surface area contributed by atoms with E-state index >= 15 is 0 Å². The molecule has 0 radical (unpaired) electrons. The predicted octanol–water partition coefficient (Wildman–Crippen LogP) is 1.63. The highest BCUT2D eigenvalue weighted by atomic mass is 16.5. The molecule has 1 aromatic heterocycles. The number of carbonyl (C=O) groups excluding carboxylic acids is 2. The Labute approximate surface area is 151 Å². The maximum atomic E-state index is 12.1. The molecule has 3 rings (SSSR count). The molecular weight excluding hydrogens is 334 g/mol. The van der Waals surface area contributed by atoms with E-state index in [0.717, 1.165) is 27.7 Å². The van der Waals surface area contributed by atoms with Crippen molar-refractivity contribution >= 4 is 34.7 Å². The van der Waals surface area contributed by atoms with Crippen LogP contribution < -0.4 is 10.6 Å². The van der Waals surface area contributed by atoms with Gasteiger partial charge in [-0.3, -0.25) is 25.2 Å². The van der Waals surface area contributed by atoms with Gasteiger partial charge in [-0.25, -0.2) is 9.97 Å². The molecule has 0 saturated heterocycles. The lowest BCUT2D eigenvalue weighted by Gasteiger charge is -2.21. The Kier molecular flexibility index (Phi) is 4.83. The Morgan fingerprint density at radius 1 is 1.31 bits per heavy atom. The van der Waals surface area contributed by atoms with Gasteiger partial charge < -0.3 is 4.74 Å². The molecule has 0 fully saturated rings. The van der Waals surface area contributed by atoms with Crippen molar-refractivity contribution in [3.8, 4) is 0 Å². The quantitative estimate of drug-likeness (QED) is 0.811. The standard InChI is InChI=1S/C18H21N5O3/c1-9-5-10(2)15-13(6-9)11(3)20-18(21-15)23-17-19-8-12(16(25)22-17)7-14(24)26-4/h5-6,12H,7-8H2,1-4H3,(H2,19,20,21,22,23,25). The Balaban J connectivity index is 1.81. The number of hydrogen-bond donors (Lipinski definition) is 2. The fourth-order valence-electron chi connectivity index (χ4n) is 2.95. The van der Waals surface area contributed by atoms with Gasteiger partial charge in [-0.2, -0.15) is 0 Å². The van der Waals surface area contributed by atoms with Gasteiger partial charge in [-0.05, 0) is 32.4 Å². The number of methoxy groups -OCH3 is 1. The van der Waals surface area contributed by atoms with Crippen LogP contribution in [0.2, 0.25) is 0 Å². The van der Waals surface area contributed by atoms with Crippen LogP contribution in [0.4, 0.5) is 5.95 Å². The van der Waals surface area contributed by atoms with Crippen molar-refractivity contribution in [2.45, 2.75) is 27.2 Å². The number of aryl methyl sites for hydroxylation is 3. The molecule has 1 amide bonds. The molecule has 26 heavy (non-hydrogen) atoms. The van der Waals surface area contributed by atoms with Crippen molar-refractivity contribution in [1.29, 1.82) is 0 Å². The van der Waals surface area contributed by atoms with Crippen LogP contribution in [-0.2, 0) is 14.3 Å². The van der Waals surface area contributed by atoms with Gasteiger partial charge in [0.15, 0.2) is 0 Å². The summed E-state index contributed by atoms with van der Waals surface area (Å²) in [5.41, 5.74) is 3.91. The van der Waals surface area contributed by atoms with E-state index < -0.39 is 11.9 Å². The van der Waals surface area contributed by atoms with E-state index in [-0.39, 0.29) is 24.8 Å². The Hall–Kier alpha value is -3.03. The van der Waals surface area contributed by atoms with Crippen molar-refractivity contribution < 1.29 is 14.3 Å². The monoisotopic (exact) mass is 355 g/mol. The second kappa shape index (κ2) is 7.07. The van der Waals surface area contributed by atoms with E-state index in [1.807, 2.05) is 20.8 Å². The van der Waals surface area contributed by atoms with Crippen LogP contribution in [0, 0.1) is 26.7 Å². The third-order valence-corrected chi connectivity index (χ3v) is 4.28. The van der Waals surface area contributed by atoms with E-state index in [0.29, 0.717) is 5.95 Å². The minimum Gasteiger partial charge on any atom is -0.469 e. The first-order valence-corrected chi connectivity index (χ1v) is 8.32. The average molecular weight is 355 g/mol. The zero-order valence-corrected chi connectivity index (χ0v) is 15.2. The van der Waals surface area contributed by atoms with Gasteiger partial charge in [0.05, 0.1) is 37.2 Å². The first-order chi connectivity index (χ1) is 12.4. The van der Waals surface area contributed by atoms with Crippen LogP contribution in [0.1, 0.15) is 23.2 Å². The van der Waals surface area contributed by atoms with Gasteiger partial charge in [-0.15, -0.1) is 0 Å². The van der Waals surface area contributed by atoms with Gasteiger partial charge in [0.2, 0.25) is 17.8 Å². The van der Waals surface area contributed by atoms with Crippen LogP contribution in [0.25, 0.3) is 10.9 Å². The van der Waals surface area contributed by atoms with Gasteiger partial charge in [0.25, 0.3) is 0 Å². The van der Waals surface area contributed by atoms with E-state index in [2.05, 4.69) is 42.5 Å². The Bertz CT molecular complexity index is 923. The fraction of sp³-hybridized carbons (Fsp3) is 0.389. The Morgan fingerprint density at radius 2 is 2.08 bits per heavy atom. The number of hydrogen-bond acceptors (Lipinski definition) is 7. The molecular formula is C18H21N5O3. The largest absolute Gasteiger partial charge is 0.469 e. The Morgan fingerprint density at radius 3 is 2.77 bits per heavy atom. The first kappa shape index (κ1) is 17.8. The number of nitrogens with zero attached hydrogens (tertiary/aromatic N) is 3. The highest BCUT2D eigenvalue weighted by molar-refractivity contribution is 6.06. The molecule has 1 unspecified atom stereocenters. The normalized spacial score (nSPS) is 16.8. The van der Waals surface area contributed by atoms with E-state index in [4.69, 9.17) is 0 Å². The number of fused-ring (bicyclic) bond motifs is 1. The number of amides is 1. The molecule has 1 atom stereocenters. The van der Waals surface area contributed by atoms with Crippen molar-refractivity contribution in [3.63, 3.8) is 0 Å². The second-order valence-electron chi connectivity index (χ2n) is 6.39. The number of benzene rings is 1. The molecule has 136 valence electrons. The highest BCUT2D eigenvalue weighted by Gasteiger charge is 2.27. The summed E-state index contributed by atoms with van der Waals surface area (Å²) in [7, 11) is 1.29. The number of anilines is 1. The summed E-state index contributed by atoms with van der Waals surface area (Å²) < 4.78 is 4.59. The lowest BCUT2D eigenvalue weighted by atomic mass is 10.0. The fourth-order valence-corrected chi connectivity index (χ4v) is 2.95. The van der Waals surface area contributed by atoms with Crippen molar-refractivity contribution in [1.82, 2.24) is 15.3 Å². The summed E-state index contributed by atoms with van der Waals surface area (Å²) in [6, 6.07) is 4.12. The minimum atomic E-state index is -0.530. The van der Waals surface area contributed by atoms with Crippen molar-refractivity contribution in [3.05, 3.63) is 29.0 Å². The summed E-state index contributed by atoms with van der Waals surface area (Å²) in [6.07, 6.45) is 0.00322. The highest BCUT2D eigenvalue weighted by Crippen LogP contribution is 2.22. The van der Waals surface area contributed by atoms with Gasteiger partial charge in [-0.1, -0.05) is 11.6 Å². The molecule has 1 aliphatic rings. The SMILES string of the molecule is COC(=O)CC1CN=C(Nc2nc(C)c3cc(C)cc(C)c3n2)NC1=O. The number of aromatic nitrogens is 2. The molecule has 1 aliphatic heterocycles. The molecule has 0 bridgehead atoms. The molecule has 8 nitrogen and oxygen atoms in total. The number of ether oxygens (including phenoxy) is 1. The zero-order chi connectivity index (χ0) is 18.8. The van der Waals surface area contributed by atoms with E-state index in [1.54, 1.807) is 0 Å². The van der Waals surface area contributed by atoms with Gasteiger partial charge in [0.1, 0.15) is 0 Å². The number of carbonyl (C=O) groups is 2. The predicted molar refractivity (Wildman–Crippen MR) is 97.9 cm³/mol. The molecule has 8 heteroatoms. The summed E-state index contributed by atoms with van der Waals surface area (Å²) in [5.74, 6) is -0.599. The van der Waals surface area contributed by atoms with Crippen molar-refractivity contribution in [2.24, 2.45) is 10.9 Å². The molecule has 2 heterocycles. The number of aliphatic imine (C=N–C) groups is 1. The smallest absolute Gasteiger partial charge is 0.306 e. The summed E-state index contributed by atoms with van der Waals surface area (Å²) in [6.45, 7) is 6.16. The molecule has 2 N–H and O–H groups in total. The van der Waals surface area contributed by atoms with Crippen LogP contribution >= 0.6 is 0 Å². The van der Waals surface area contributed by atoms with Crippen LogP contribution in [-0.4, -0.2) is 41.5 Å². The van der Waals surface area contributed by atoms with Gasteiger partial charge >= 0.3 is 5.97 Å². The van der Waals surface area contributed by atoms with E-state index in [9.17, 15) is 9.59 Å². The maximum absolute atomic E-state index is 12.1. The maximum Gasteiger partial charge on any atom is 0.306 e. The molecule has 0 aliphatic carbocycles. The summed E-state index contributed by atoms with van der Waals surface area (Å²) >= 11 is 0. The molecule has 1 aromatic carbocycles. The lowest BCUT2D eigenvalue weighted by molar-refractivity contribution is -0.143. The molecule has 0 saturated carbocycles. The van der Waals surface area contributed by atoms with Crippen LogP contribution in [0.3, 0.4) is 0 Å².